The highest BCUT2D eigenvalue weighted by molar-refractivity contribution is 7.99. The van der Waals surface area contributed by atoms with Crippen LogP contribution in [0.1, 0.15) is 37.0 Å². The number of fused-ring (bicyclic) bond motifs is 1. The van der Waals surface area contributed by atoms with E-state index >= 15 is 0 Å². The number of hydrogen-bond donors (Lipinski definition) is 2. The summed E-state index contributed by atoms with van der Waals surface area (Å²) in [4.78, 5) is 37.2. The molecule has 0 fully saturated rings. The molecule has 1 atom stereocenters. The molecule has 1 aromatic carbocycles. The second kappa shape index (κ2) is 10.1. The summed E-state index contributed by atoms with van der Waals surface area (Å²) < 4.78 is 9.87. The molecular weight excluding hydrogens is 356 g/mol. The maximum atomic E-state index is 12.6. The van der Waals surface area contributed by atoms with Gasteiger partial charge in [0.1, 0.15) is 6.04 Å². The van der Waals surface area contributed by atoms with Crippen LogP contribution in [0.25, 0.3) is 0 Å². The van der Waals surface area contributed by atoms with Crippen LogP contribution in [0.4, 0.5) is 5.69 Å². The molecule has 0 aromatic heterocycles. The average molecular weight is 380 g/mol. The summed E-state index contributed by atoms with van der Waals surface area (Å²) in [6.07, 6.45) is 0.159. The fourth-order valence-corrected chi connectivity index (χ4v) is 3.43. The Bertz CT molecular complexity index is 665. The lowest BCUT2D eigenvalue weighted by Gasteiger charge is -2.19. The van der Waals surface area contributed by atoms with Crippen LogP contribution in [0, 0.1) is 0 Å². The maximum absolute atomic E-state index is 12.6. The van der Waals surface area contributed by atoms with E-state index in [0.717, 1.165) is 22.9 Å². The minimum absolute atomic E-state index is 0.0293. The van der Waals surface area contributed by atoms with E-state index in [0.29, 0.717) is 5.56 Å². The molecule has 2 N–H and O–H groups in total. The summed E-state index contributed by atoms with van der Waals surface area (Å²) in [5.74, 6) is -0.407. The van der Waals surface area contributed by atoms with Crippen LogP contribution in [0.2, 0.25) is 0 Å². The van der Waals surface area contributed by atoms with Gasteiger partial charge < -0.3 is 20.1 Å². The van der Waals surface area contributed by atoms with Crippen molar-refractivity contribution < 1.29 is 23.9 Å². The fourth-order valence-electron chi connectivity index (χ4n) is 2.50. The number of benzene rings is 1. The Labute approximate surface area is 157 Å². The monoisotopic (exact) mass is 380 g/mol. The summed E-state index contributed by atoms with van der Waals surface area (Å²) in [6.45, 7) is 4.77. The van der Waals surface area contributed by atoms with E-state index in [-0.39, 0.29) is 32.0 Å². The van der Waals surface area contributed by atoms with E-state index in [1.54, 1.807) is 37.7 Å². The number of nitrogens with one attached hydrogen (secondary N) is 2. The van der Waals surface area contributed by atoms with Gasteiger partial charge >= 0.3 is 11.9 Å². The normalized spacial score (nSPS) is 13.8. The lowest BCUT2D eigenvalue weighted by molar-refractivity contribution is -0.146. The van der Waals surface area contributed by atoms with Gasteiger partial charge in [-0.2, -0.15) is 0 Å². The Hall–Kier alpha value is -2.22. The SMILES string of the molecule is CCOC(=O)CCC(NC(=O)c1ccc2c(c1)SCCN2)C(=O)OCC. The Morgan fingerprint density at radius 1 is 1.23 bits per heavy atom. The highest BCUT2D eigenvalue weighted by atomic mass is 32.2. The maximum Gasteiger partial charge on any atom is 0.328 e. The minimum Gasteiger partial charge on any atom is -0.466 e. The molecule has 0 saturated heterocycles. The van der Waals surface area contributed by atoms with Crippen LogP contribution < -0.4 is 10.6 Å². The van der Waals surface area contributed by atoms with Gasteiger partial charge in [0.15, 0.2) is 0 Å². The first-order chi connectivity index (χ1) is 12.5. The van der Waals surface area contributed by atoms with Crippen molar-refractivity contribution in [3.8, 4) is 0 Å². The molecular formula is C18H24N2O5S. The zero-order chi connectivity index (χ0) is 18.9. The van der Waals surface area contributed by atoms with Crippen molar-refractivity contribution in [2.45, 2.75) is 37.6 Å². The largest absolute Gasteiger partial charge is 0.466 e. The average Bonchev–Trinajstić information content (AvgIpc) is 2.64. The third-order valence-electron chi connectivity index (χ3n) is 3.74. The number of rotatable bonds is 8. The molecule has 1 aliphatic heterocycles. The first-order valence-electron chi connectivity index (χ1n) is 8.69. The first kappa shape index (κ1) is 20.1. The number of hydrogen-bond acceptors (Lipinski definition) is 7. The highest BCUT2D eigenvalue weighted by Crippen LogP contribution is 2.31. The summed E-state index contributed by atoms with van der Waals surface area (Å²) in [5, 5.41) is 5.94. The van der Waals surface area contributed by atoms with E-state index in [9.17, 15) is 14.4 Å². The van der Waals surface area contributed by atoms with Crippen molar-refractivity contribution in [2.75, 3.05) is 30.8 Å². The second-order valence-electron chi connectivity index (χ2n) is 5.61. The molecule has 1 unspecified atom stereocenters. The Kier molecular flexibility index (Phi) is 7.77. The van der Waals surface area contributed by atoms with Crippen LogP contribution in [0.5, 0.6) is 0 Å². The van der Waals surface area contributed by atoms with Crippen molar-refractivity contribution in [1.82, 2.24) is 5.32 Å². The molecule has 1 aromatic rings. The van der Waals surface area contributed by atoms with Gasteiger partial charge in [0.2, 0.25) is 0 Å². The van der Waals surface area contributed by atoms with Gasteiger partial charge in [0.25, 0.3) is 5.91 Å². The van der Waals surface area contributed by atoms with Gasteiger partial charge in [0, 0.05) is 34.9 Å². The molecule has 7 nitrogen and oxygen atoms in total. The number of ether oxygens (including phenoxy) is 2. The predicted octanol–water partition coefficient (Wildman–Crippen LogP) is 2.21. The Morgan fingerprint density at radius 3 is 2.73 bits per heavy atom. The molecule has 8 heteroatoms. The van der Waals surface area contributed by atoms with Gasteiger partial charge in [0.05, 0.1) is 13.2 Å². The van der Waals surface area contributed by atoms with E-state index in [2.05, 4.69) is 10.6 Å². The highest BCUT2D eigenvalue weighted by Gasteiger charge is 2.24. The lowest BCUT2D eigenvalue weighted by Crippen LogP contribution is -2.42. The van der Waals surface area contributed by atoms with Crippen LogP contribution >= 0.6 is 11.8 Å². The van der Waals surface area contributed by atoms with Crippen LogP contribution in [-0.4, -0.2) is 49.4 Å². The molecule has 1 heterocycles. The third-order valence-corrected chi connectivity index (χ3v) is 4.79. The molecule has 1 aliphatic rings. The predicted molar refractivity (Wildman–Crippen MR) is 99.4 cm³/mol. The molecule has 0 spiro atoms. The number of thioether (sulfide) groups is 1. The fraction of sp³-hybridized carbons (Fsp3) is 0.500. The lowest BCUT2D eigenvalue weighted by atomic mass is 10.1. The van der Waals surface area contributed by atoms with E-state index in [4.69, 9.17) is 9.47 Å². The van der Waals surface area contributed by atoms with Crippen LogP contribution in [0.15, 0.2) is 23.1 Å². The van der Waals surface area contributed by atoms with E-state index < -0.39 is 18.0 Å². The third kappa shape index (κ3) is 5.66. The Morgan fingerprint density at radius 2 is 2.00 bits per heavy atom. The molecule has 0 aliphatic carbocycles. The van der Waals surface area contributed by atoms with Gasteiger partial charge in [-0.3, -0.25) is 9.59 Å². The van der Waals surface area contributed by atoms with Gasteiger partial charge in [-0.05, 0) is 38.5 Å². The molecule has 0 radical (unpaired) electrons. The summed E-state index contributed by atoms with van der Waals surface area (Å²) >= 11 is 1.68. The van der Waals surface area contributed by atoms with Gasteiger partial charge in [-0.15, -0.1) is 11.8 Å². The standard InChI is InChI=1S/C18H24N2O5S/c1-3-24-16(21)8-7-14(18(23)25-4-2)20-17(22)12-5-6-13-15(11-12)26-10-9-19-13/h5-6,11,14,19H,3-4,7-10H2,1-2H3,(H,20,22). The van der Waals surface area contributed by atoms with E-state index in [1.165, 1.54) is 0 Å². The number of amides is 1. The molecule has 0 bridgehead atoms. The van der Waals surface area contributed by atoms with Gasteiger partial charge in [-0.25, -0.2) is 4.79 Å². The number of carbonyl (C=O) groups excluding carboxylic acids is 3. The quantitative estimate of drug-likeness (QED) is 0.668. The van der Waals surface area contributed by atoms with Crippen molar-refractivity contribution in [1.29, 1.82) is 0 Å². The van der Waals surface area contributed by atoms with E-state index in [1.807, 2.05) is 6.07 Å². The number of esters is 2. The number of anilines is 1. The zero-order valence-corrected chi connectivity index (χ0v) is 15.8. The van der Waals surface area contributed by atoms with Crippen molar-refractivity contribution >= 4 is 35.3 Å². The summed E-state index contributed by atoms with van der Waals surface area (Å²) in [7, 11) is 0. The molecule has 142 valence electrons. The zero-order valence-electron chi connectivity index (χ0n) is 15.0. The topological polar surface area (TPSA) is 93.7 Å². The van der Waals surface area contributed by atoms with Crippen LogP contribution in [0.3, 0.4) is 0 Å². The molecule has 26 heavy (non-hydrogen) atoms. The minimum atomic E-state index is -0.895. The first-order valence-corrected chi connectivity index (χ1v) is 9.67. The Balaban J connectivity index is 2.04. The summed E-state index contributed by atoms with van der Waals surface area (Å²) in [5.41, 5.74) is 1.47. The second-order valence-corrected chi connectivity index (χ2v) is 6.74. The van der Waals surface area contributed by atoms with Crippen LogP contribution in [-0.2, 0) is 19.1 Å². The number of carbonyl (C=O) groups is 3. The van der Waals surface area contributed by atoms with Crippen molar-refractivity contribution in [3.05, 3.63) is 23.8 Å². The smallest absolute Gasteiger partial charge is 0.328 e. The molecule has 0 saturated carbocycles. The molecule has 1 amide bonds. The van der Waals surface area contributed by atoms with Crippen molar-refractivity contribution in [2.24, 2.45) is 0 Å². The van der Waals surface area contributed by atoms with Gasteiger partial charge in [-0.1, -0.05) is 0 Å². The molecule has 2 rings (SSSR count). The van der Waals surface area contributed by atoms with Crippen molar-refractivity contribution in [3.63, 3.8) is 0 Å². The summed E-state index contributed by atoms with van der Waals surface area (Å²) in [6, 6.07) is 4.47.